The molecular formula is C12H15N3O3. The fourth-order valence-electron chi connectivity index (χ4n) is 2.46. The molecule has 0 radical (unpaired) electrons. The molecule has 0 bridgehead atoms. The highest BCUT2D eigenvalue weighted by molar-refractivity contribution is 5.83. The van der Waals surface area contributed by atoms with Gasteiger partial charge in [0.15, 0.2) is 0 Å². The zero-order valence-electron chi connectivity index (χ0n) is 10.2. The van der Waals surface area contributed by atoms with Crippen molar-refractivity contribution in [3.8, 4) is 5.88 Å². The minimum atomic E-state index is -0.151. The average Bonchev–Trinajstić information content (AvgIpc) is 2.77. The Balaban J connectivity index is 2.16. The lowest BCUT2D eigenvalue weighted by atomic mass is 10.1. The van der Waals surface area contributed by atoms with E-state index in [-0.39, 0.29) is 11.6 Å². The third-order valence-corrected chi connectivity index (χ3v) is 3.35. The average molecular weight is 249 g/mol. The molecule has 96 valence electrons. The largest absolute Gasteiger partial charge is 0.480 e. The SMILES string of the molecule is COc1nccc2c1c(=O)[nH]n2C1CCOCC1. The summed E-state index contributed by atoms with van der Waals surface area (Å²) in [5.74, 6) is 0.375. The second-order valence-corrected chi connectivity index (χ2v) is 4.37. The van der Waals surface area contributed by atoms with Crippen molar-refractivity contribution < 1.29 is 9.47 Å². The summed E-state index contributed by atoms with van der Waals surface area (Å²) in [5, 5.41) is 3.40. The predicted octanol–water partition coefficient (Wildman–Crippen LogP) is 1.08. The van der Waals surface area contributed by atoms with Crippen molar-refractivity contribution in [3.05, 3.63) is 22.6 Å². The van der Waals surface area contributed by atoms with Crippen LogP contribution in [0.2, 0.25) is 0 Å². The highest BCUT2D eigenvalue weighted by Gasteiger charge is 2.20. The van der Waals surface area contributed by atoms with E-state index < -0.39 is 0 Å². The van der Waals surface area contributed by atoms with Gasteiger partial charge >= 0.3 is 0 Å². The smallest absolute Gasteiger partial charge is 0.277 e. The molecule has 1 saturated heterocycles. The molecule has 18 heavy (non-hydrogen) atoms. The summed E-state index contributed by atoms with van der Waals surface area (Å²) < 4.78 is 12.4. The van der Waals surface area contributed by atoms with Crippen molar-refractivity contribution in [1.29, 1.82) is 0 Å². The molecule has 0 aliphatic carbocycles. The number of ether oxygens (including phenoxy) is 2. The molecule has 0 saturated carbocycles. The fraction of sp³-hybridized carbons (Fsp3) is 0.500. The molecule has 6 nitrogen and oxygen atoms in total. The van der Waals surface area contributed by atoms with Gasteiger partial charge in [0, 0.05) is 19.4 Å². The maximum absolute atomic E-state index is 12.0. The Labute approximate surface area is 104 Å². The van der Waals surface area contributed by atoms with Crippen LogP contribution in [0.3, 0.4) is 0 Å². The number of aromatic amines is 1. The number of methoxy groups -OCH3 is 1. The number of pyridine rings is 1. The first-order chi connectivity index (χ1) is 8.81. The number of nitrogens with one attached hydrogen (secondary N) is 1. The summed E-state index contributed by atoms with van der Waals surface area (Å²) in [4.78, 5) is 16.1. The highest BCUT2D eigenvalue weighted by Crippen LogP contribution is 2.26. The molecule has 1 fully saturated rings. The van der Waals surface area contributed by atoms with Gasteiger partial charge in [-0.3, -0.25) is 14.6 Å². The van der Waals surface area contributed by atoms with Crippen molar-refractivity contribution in [3.63, 3.8) is 0 Å². The summed E-state index contributed by atoms with van der Waals surface area (Å²) in [6, 6.07) is 2.11. The Morgan fingerprint density at radius 2 is 2.28 bits per heavy atom. The Morgan fingerprint density at radius 1 is 1.50 bits per heavy atom. The third kappa shape index (κ3) is 1.69. The zero-order valence-corrected chi connectivity index (χ0v) is 10.2. The molecule has 1 N–H and O–H groups in total. The predicted molar refractivity (Wildman–Crippen MR) is 66.0 cm³/mol. The molecule has 1 aliphatic heterocycles. The normalized spacial score (nSPS) is 17.2. The summed E-state index contributed by atoms with van der Waals surface area (Å²) in [6.45, 7) is 1.46. The van der Waals surface area contributed by atoms with E-state index in [9.17, 15) is 4.79 Å². The van der Waals surface area contributed by atoms with Crippen molar-refractivity contribution in [2.45, 2.75) is 18.9 Å². The van der Waals surface area contributed by atoms with Crippen LogP contribution in [0.25, 0.3) is 10.9 Å². The Hall–Kier alpha value is -1.82. The van der Waals surface area contributed by atoms with Gasteiger partial charge < -0.3 is 9.47 Å². The Morgan fingerprint density at radius 3 is 3.00 bits per heavy atom. The molecule has 0 unspecified atom stereocenters. The van der Waals surface area contributed by atoms with Crippen LogP contribution in [-0.2, 0) is 4.74 Å². The van der Waals surface area contributed by atoms with Gasteiger partial charge in [0.05, 0.1) is 18.7 Å². The van der Waals surface area contributed by atoms with Crippen LogP contribution in [0.15, 0.2) is 17.1 Å². The highest BCUT2D eigenvalue weighted by atomic mass is 16.5. The van der Waals surface area contributed by atoms with Crippen molar-refractivity contribution >= 4 is 10.9 Å². The summed E-state index contributed by atoms with van der Waals surface area (Å²) in [6.07, 6.45) is 3.47. The lowest BCUT2D eigenvalue weighted by Crippen LogP contribution is -2.21. The van der Waals surface area contributed by atoms with Gasteiger partial charge in [0.1, 0.15) is 5.39 Å². The number of hydrogen-bond donors (Lipinski definition) is 1. The first-order valence-electron chi connectivity index (χ1n) is 6.02. The Kier molecular flexibility index (Phi) is 2.79. The molecule has 0 spiro atoms. The fourth-order valence-corrected chi connectivity index (χ4v) is 2.46. The first kappa shape index (κ1) is 11.3. The summed E-state index contributed by atoms with van der Waals surface area (Å²) in [5.41, 5.74) is 0.695. The second-order valence-electron chi connectivity index (χ2n) is 4.37. The molecule has 3 rings (SSSR count). The number of H-pyrrole nitrogens is 1. The quantitative estimate of drug-likeness (QED) is 0.864. The van der Waals surface area contributed by atoms with Crippen molar-refractivity contribution in [2.24, 2.45) is 0 Å². The molecular weight excluding hydrogens is 234 g/mol. The number of hydrogen-bond acceptors (Lipinski definition) is 4. The maximum atomic E-state index is 12.0. The van der Waals surface area contributed by atoms with E-state index in [2.05, 4.69) is 10.1 Å². The van der Waals surface area contributed by atoms with Crippen molar-refractivity contribution in [2.75, 3.05) is 20.3 Å². The van der Waals surface area contributed by atoms with Gasteiger partial charge in [-0.1, -0.05) is 0 Å². The van der Waals surface area contributed by atoms with Crippen LogP contribution < -0.4 is 10.3 Å². The van der Waals surface area contributed by atoms with Gasteiger partial charge in [-0.05, 0) is 18.9 Å². The van der Waals surface area contributed by atoms with Crippen LogP contribution in [0.4, 0.5) is 0 Å². The number of fused-ring (bicyclic) bond motifs is 1. The summed E-state index contributed by atoms with van der Waals surface area (Å²) in [7, 11) is 1.52. The minimum absolute atomic E-state index is 0.151. The van der Waals surface area contributed by atoms with E-state index in [4.69, 9.17) is 9.47 Å². The maximum Gasteiger partial charge on any atom is 0.277 e. The molecule has 1 aliphatic rings. The van der Waals surface area contributed by atoms with Crippen LogP contribution in [0.5, 0.6) is 5.88 Å². The van der Waals surface area contributed by atoms with E-state index in [1.54, 1.807) is 6.20 Å². The topological polar surface area (TPSA) is 69.1 Å². The van der Waals surface area contributed by atoms with E-state index in [0.29, 0.717) is 11.3 Å². The minimum Gasteiger partial charge on any atom is -0.480 e. The molecule has 0 atom stereocenters. The molecule has 2 aromatic heterocycles. The van der Waals surface area contributed by atoms with Gasteiger partial charge in [0.25, 0.3) is 5.56 Å². The van der Waals surface area contributed by atoms with Crippen molar-refractivity contribution in [1.82, 2.24) is 14.8 Å². The molecule has 0 amide bonds. The van der Waals surface area contributed by atoms with E-state index in [1.807, 2.05) is 10.7 Å². The van der Waals surface area contributed by atoms with Crippen LogP contribution in [0.1, 0.15) is 18.9 Å². The van der Waals surface area contributed by atoms with E-state index in [1.165, 1.54) is 7.11 Å². The van der Waals surface area contributed by atoms with Gasteiger partial charge in [-0.2, -0.15) is 0 Å². The lowest BCUT2D eigenvalue weighted by molar-refractivity contribution is 0.0673. The third-order valence-electron chi connectivity index (χ3n) is 3.35. The van der Waals surface area contributed by atoms with Gasteiger partial charge in [-0.25, -0.2) is 4.98 Å². The monoisotopic (exact) mass is 249 g/mol. The van der Waals surface area contributed by atoms with Gasteiger partial charge in [0.2, 0.25) is 5.88 Å². The molecule has 2 aromatic rings. The second kappa shape index (κ2) is 4.45. The van der Waals surface area contributed by atoms with E-state index in [0.717, 1.165) is 31.6 Å². The zero-order chi connectivity index (χ0) is 12.5. The molecule has 6 heteroatoms. The van der Waals surface area contributed by atoms with E-state index >= 15 is 0 Å². The first-order valence-corrected chi connectivity index (χ1v) is 6.02. The lowest BCUT2D eigenvalue weighted by Gasteiger charge is -2.23. The number of nitrogens with zero attached hydrogens (tertiary/aromatic N) is 2. The molecule has 0 aromatic carbocycles. The van der Waals surface area contributed by atoms with Crippen LogP contribution in [0, 0.1) is 0 Å². The van der Waals surface area contributed by atoms with Gasteiger partial charge in [-0.15, -0.1) is 0 Å². The standard InChI is InChI=1S/C12H15N3O3/c1-17-12-10-9(2-5-13-12)15(14-11(10)16)8-3-6-18-7-4-8/h2,5,8H,3-4,6-7H2,1H3,(H,14,16). The summed E-state index contributed by atoms with van der Waals surface area (Å²) >= 11 is 0. The van der Waals surface area contributed by atoms with Crippen LogP contribution >= 0.6 is 0 Å². The van der Waals surface area contributed by atoms with Crippen LogP contribution in [-0.4, -0.2) is 35.1 Å². The molecule has 3 heterocycles. The number of aromatic nitrogens is 3. The Bertz CT molecular complexity index is 611. The number of rotatable bonds is 2.